The van der Waals surface area contributed by atoms with Gasteiger partial charge >= 0.3 is 0 Å². The van der Waals surface area contributed by atoms with Crippen molar-refractivity contribution in [2.45, 2.75) is 76.7 Å². The van der Waals surface area contributed by atoms with Crippen molar-refractivity contribution in [1.82, 2.24) is 5.32 Å². The van der Waals surface area contributed by atoms with Crippen LogP contribution < -0.4 is 5.32 Å². The molecule has 1 rings (SSSR count). The van der Waals surface area contributed by atoms with E-state index in [2.05, 4.69) is 37.8 Å². The Balaban J connectivity index is 2.20. The van der Waals surface area contributed by atoms with Gasteiger partial charge in [-0.1, -0.05) is 26.2 Å². The smallest absolute Gasteiger partial charge is 0.0631 e. The molecule has 0 saturated heterocycles. The van der Waals surface area contributed by atoms with Gasteiger partial charge in [0.15, 0.2) is 0 Å². The minimum absolute atomic E-state index is 0.343. The van der Waals surface area contributed by atoms with E-state index < -0.39 is 0 Å². The standard InChI is InChI=1S/C15H31NOS/c1-4-10-16-14(11-17-13(2)3)12-18-15-8-6-5-7-9-15/h13-16H,4-12H2,1-3H3. The summed E-state index contributed by atoms with van der Waals surface area (Å²) in [4.78, 5) is 0. The van der Waals surface area contributed by atoms with Gasteiger partial charge in [-0.05, 0) is 39.7 Å². The normalized spacial score (nSPS) is 19.3. The molecule has 2 nitrogen and oxygen atoms in total. The van der Waals surface area contributed by atoms with Crippen LogP contribution in [0.4, 0.5) is 0 Å². The Bertz CT molecular complexity index is 193. The first-order valence-corrected chi connectivity index (χ1v) is 8.73. The second kappa shape index (κ2) is 10.1. The van der Waals surface area contributed by atoms with Crippen molar-refractivity contribution >= 4 is 11.8 Å². The fraction of sp³-hybridized carbons (Fsp3) is 1.00. The Hall–Kier alpha value is 0.270. The van der Waals surface area contributed by atoms with E-state index in [9.17, 15) is 0 Å². The van der Waals surface area contributed by atoms with Crippen LogP contribution in [0.1, 0.15) is 59.3 Å². The highest BCUT2D eigenvalue weighted by atomic mass is 32.2. The second-order valence-electron chi connectivity index (χ2n) is 5.63. The summed E-state index contributed by atoms with van der Waals surface area (Å²) >= 11 is 2.17. The molecule has 3 heteroatoms. The van der Waals surface area contributed by atoms with Crippen molar-refractivity contribution < 1.29 is 4.74 Å². The maximum absolute atomic E-state index is 5.77. The first kappa shape index (κ1) is 16.3. The van der Waals surface area contributed by atoms with Crippen LogP contribution in [0.15, 0.2) is 0 Å². The van der Waals surface area contributed by atoms with E-state index in [0.717, 1.165) is 18.4 Å². The molecule has 0 aliphatic heterocycles. The van der Waals surface area contributed by atoms with E-state index in [1.54, 1.807) is 0 Å². The van der Waals surface area contributed by atoms with Crippen molar-refractivity contribution in [3.63, 3.8) is 0 Å². The third-order valence-corrected chi connectivity index (χ3v) is 4.94. The number of ether oxygens (including phenoxy) is 1. The minimum atomic E-state index is 0.343. The number of thioether (sulfide) groups is 1. The Labute approximate surface area is 118 Å². The van der Waals surface area contributed by atoms with Gasteiger partial charge in [0.25, 0.3) is 0 Å². The van der Waals surface area contributed by atoms with Crippen LogP contribution in [0.2, 0.25) is 0 Å². The van der Waals surface area contributed by atoms with Gasteiger partial charge in [-0.2, -0.15) is 11.8 Å². The van der Waals surface area contributed by atoms with Crippen LogP contribution >= 0.6 is 11.8 Å². The van der Waals surface area contributed by atoms with Crippen LogP contribution in [0.25, 0.3) is 0 Å². The van der Waals surface area contributed by atoms with Crippen LogP contribution in [0, 0.1) is 0 Å². The SMILES string of the molecule is CCCNC(COC(C)C)CSC1CCCCC1. The molecular weight excluding hydrogens is 242 g/mol. The van der Waals surface area contributed by atoms with E-state index >= 15 is 0 Å². The lowest BCUT2D eigenvalue weighted by atomic mass is 10.0. The quantitative estimate of drug-likeness (QED) is 0.689. The van der Waals surface area contributed by atoms with Crippen molar-refractivity contribution in [3.05, 3.63) is 0 Å². The zero-order valence-corrected chi connectivity index (χ0v) is 13.2. The molecule has 18 heavy (non-hydrogen) atoms. The van der Waals surface area contributed by atoms with Crippen LogP contribution in [-0.2, 0) is 4.74 Å². The molecule has 0 amide bonds. The summed E-state index contributed by atoms with van der Waals surface area (Å²) < 4.78 is 5.77. The monoisotopic (exact) mass is 273 g/mol. The highest BCUT2D eigenvalue weighted by Gasteiger charge is 2.16. The molecule has 1 fully saturated rings. The summed E-state index contributed by atoms with van der Waals surface area (Å²) in [7, 11) is 0. The summed E-state index contributed by atoms with van der Waals surface area (Å²) in [6.07, 6.45) is 8.72. The van der Waals surface area contributed by atoms with Crippen molar-refractivity contribution in [1.29, 1.82) is 0 Å². The van der Waals surface area contributed by atoms with Gasteiger partial charge in [0, 0.05) is 17.0 Å². The first-order chi connectivity index (χ1) is 8.72. The third kappa shape index (κ3) is 7.65. The summed E-state index contributed by atoms with van der Waals surface area (Å²) in [5.41, 5.74) is 0. The van der Waals surface area contributed by atoms with Gasteiger partial charge in [-0.15, -0.1) is 0 Å². The fourth-order valence-corrected chi connectivity index (χ4v) is 3.69. The number of rotatable bonds is 9. The maximum atomic E-state index is 5.77. The molecule has 1 aliphatic rings. The molecule has 0 aromatic heterocycles. The topological polar surface area (TPSA) is 21.3 Å². The molecule has 0 aromatic carbocycles. The van der Waals surface area contributed by atoms with Gasteiger partial charge < -0.3 is 10.1 Å². The van der Waals surface area contributed by atoms with E-state index in [1.807, 2.05) is 0 Å². The third-order valence-electron chi connectivity index (χ3n) is 3.40. The van der Waals surface area contributed by atoms with Gasteiger partial charge in [0.05, 0.1) is 12.7 Å². The summed E-state index contributed by atoms with van der Waals surface area (Å²) in [5, 5.41) is 4.52. The highest BCUT2D eigenvalue weighted by molar-refractivity contribution is 7.99. The van der Waals surface area contributed by atoms with Gasteiger partial charge in [0.1, 0.15) is 0 Å². The lowest BCUT2D eigenvalue weighted by Gasteiger charge is -2.25. The molecule has 0 heterocycles. The van der Waals surface area contributed by atoms with Crippen molar-refractivity contribution in [2.75, 3.05) is 18.9 Å². The van der Waals surface area contributed by atoms with Crippen LogP contribution in [0.3, 0.4) is 0 Å². The van der Waals surface area contributed by atoms with E-state index in [4.69, 9.17) is 4.74 Å². The molecule has 0 aromatic rings. The lowest BCUT2D eigenvalue weighted by molar-refractivity contribution is 0.0655. The highest BCUT2D eigenvalue weighted by Crippen LogP contribution is 2.28. The summed E-state index contributed by atoms with van der Waals surface area (Å²) in [6.45, 7) is 8.42. The zero-order chi connectivity index (χ0) is 13.2. The van der Waals surface area contributed by atoms with Gasteiger partial charge in [-0.3, -0.25) is 0 Å². The summed E-state index contributed by atoms with van der Waals surface area (Å²) in [5.74, 6) is 1.21. The molecule has 0 radical (unpaired) electrons. The van der Waals surface area contributed by atoms with Crippen LogP contribution in [-0.4, -0.2) is 36.3 Å². The second-order valence-corrected chi connectivity index (χ2v) is 6.96. The minimum Gasteiger partial charge on any atom is -0.377 e. The number of hydrogen-bond donors (Lipinski definition) is 1. The Kier molecular flexibility index (Phi) is 9.16. The molecule has 0 bridgehead atoms. The average molecular weight is 273 g/mol. The Morgan fingerprint density at radius 3 is 2.56 bits per heavy atom. The Morgan fingerprint density at radius 2 is 1.94 bits per heavy atom. The van der Waals surface area contributed by atoms with E-state index in [-0.39, 0.29) is 0 Å². The van der Waals surface area contributed by atoms with Crippen LogP contribution in [0.5, 0.6) is 0 Å². The predicted octanol–water partition coefficient (Wildman–Crippen LogP) is 3.85. The average Bonchev–Trinajstić information content (AvgIpc) is 2.39. The largest absolute Gasteiger partial charge is 0.377 e. The van der Waals surface area contributed by atoms with Gasteiger partial charge in [0.2, 0.25) is 0 Å². The zero-order valence-electron chi connectivity index (χ0n) is 12.4. The molecule has 0 spiro atoms. The first-order valence-electron chi connectivity index (χ1n) is 7.69. The Morgan fingerprint density at radius 1 is 1.22 bits per heavy atom. The molecule has 1 N–H and O–H groups in total. The van der Waals surface area contributed by atoms with Crippen molar-refractivity contribution in [3.8, 4) is 0 Å². The van der Waals surface area contributed by atoms with E-state index in [0.29, 0.717) is 12.1 Å². The van der Waals surface area contributed by atoms with Crippen molar-refractivity contribution in [2.24, 2.45) is 0 Å². The summed E-state index contributed by atoms with van der Waals surface area (Å²) in [6, 6.07) is 0.527. The predicted molar refractivity (Wildman–Crippen MR) is 82.5 cm³/mol. The number of hydrogen-bond acceptors (Lipinski definition) is 3. The molecule has 1 atom stereocenters. The molecule has 1 aliphatic carbocycles. The molecule has 108 valence electrons. The lowest BCUT2D eigenvalue weighted by Crippen LogP contribution is -2.37. The fourth-order valence-electron chi connectivity index (χ4n) is 2.31. The van der Waals surface area contributed by atoms with Gasteiger partial charge in [-0.25, -0.2) is 0 Å². The molecule has 1 saturated carbocycles. The molecule has 1 unspecified atom stereocenters. The molecular formula is C15H31NOS. The van der Waals surface area contributed by atoms with E-state index in [1.165, 1.54) is 44.3 Å². The maximum Gasteiger partial charge on any atom is 0.0631 e. The number of nitrogens with one attached hydrogen (secondary N) is 1.